The molecule has 0 N–H and O–H groups in total. The summed E-state index contributed by atoms with van der Waals surface area (Å²) in [5, 5.41) is 8.63. The van der Waals surface area contributed by atoms with Gasteiger partial charge in [0.2, 0.25) is 0 Å². The van der Waals surface area contributed by atoms with E-state index in [1.54, 1.807) is 12.3 Å². The number of aromatic nitrogens is 4. The maximum absolute atomic E-state index is 13.0. The largest absolute Gasteiger partial charge is 0.363 e. The third kappa shape index (κ3) is 3.00. The van der Waals surface area contributed by atoms with Crippen molar-refractivity contribution in [3.63, 3.8) is 0 Å². The van der Waals surface area contributed by atoms with Crippen molar-refractivity contribution in [3.8, 4) is 0 Å². The second kappa shape index (κ2) is 6.74. The predicted molar refractivity (Wildman–Crippen MR) is 99.4 cm³/mol. The molecule has 3 aromatic rings. The van der Waals surface area contributed by atoms with Crippen LogP contribution >= 0.6 is 0 Å². The highest BCUT2D eigenvalue weighted by molar-refractivity contribution is 5.95. The van der Waals surface area contributed by atoms with E-state index >= 15 is 0 Å². The minimum Gasteiger partial charge on any atom is -0.363 e. The Morgan fingerprint density at radius 3 is 2.96 bits per heavy atom. The van der Waals surface area contributed by atoms with Gasteiger partial charge in [0.05, 0.1) is 0 Å². The summed E-state index contributed by atoms with van der Waals surface area (Å²) in [4.78, 5) is 21.1. The number of fused-ring (bicyclic) bond motifs is 1. The molecule has 1 fully saturated rings. The summed E-state index contributed by atoms with van der Waals surface area (Å²) < 4.78 is 2.02. The summed E-state index contributed by atoms with van der Waals surface area (Å²) in [7, 11) is 3.84. The van der Waals surface area contributed by atoms with Crippen LogP contribution in [-0.2, 0) is 0 Å². The van der Waals surface area contributed by atoms with Crippen molar-refractivity contribution in [2.75, 3.05) is 32.1 Å². The minimum atomic E-state index is 0.0500. The van der Waals surface area contributed by atoms with Crippen LogP contribution in [0.2, 0.25) is 0 Å². The van der Waals surface area contributed by atoms with Crippen molar-refractivity contribution in [3.05, 3.63) is 54.1 Å². The molecule has 1 unspecified atom stereocenters. The minimum absolute atomic E-state index is 0.0500. The summed E-state index contributed by atoms with van der Waals surface area (Å²) >= 11 is 0. The van der Waals surface area contributed by atoms with Gasteiger partial charge < -0.3 is 9.80 Å². The number of likely N-dealkylation sites (tertiary alicyclic amines) is 1. The summed E-state index contributed by atoms with van der Waals surface area (Å²) in [6, 6.07) is 9.51. The van der Waals surface area contributed by atoms with Gasteiger partial charge in [0.25, 0.3) is 5.91 Å². The molecule has 0 saturated carbocycles. The molecule has 1 aliphatic heterocycles. The standard InChI is InChI=1S/C19H22N6O/c1-23(2)17-12-14(8-9-20-17)19(26)24-10-5-6-15(13-24)18-22-21-16-7-3-4-11-25(16)18/h3-4,7-9,11-12,15H,5-6,10,13H2,1-2H3. The van der Waals surface area contributed by atoms with Crippen molar-refractivity contribution in [1.82, 2.24) is 24.5 Å². The number of rotatable bonds is 3. The first-order valence-electron chi connectivity index (χ1n) is 8.86. The first kappa shape index (κ1) is 16.5. The highest BCUT2D eigenvalue weighted by atomic mass is 16.2. The topological polar surface area (TPSA) is 66.6 Å². The van der Waals surface area contributed by atoms with E-state index in [4.69, 9.17) is 0 Å². The van der Waals surface area contributed by atoms with Crippen molar-refractivity contribution in [2.45, 2.75) is 18.8 Å². The Morgan fingerprint density at radius 1 is 1.23 bits per heavy atom. The van der Waals surface area contributed by atoms with Crippen LogP contribution in [0.25, 0.3) is 5.65 Å². The lowest BCUT2D eigenvalue weighted by Crippen LogP contribution is -2.39. The summed E-state index contributed by atoms with van der Waals surface area (Å²) in [5.41, 5.74) is 1.52. The zero-order chi connectivity index (χ0) is 18.1. The van der Waals surface area contributed by atoms with Crippen LogP contribution in [0.3, 0.4) is 0 Å². The summed E-state index contributed by atoms with van der Waals surface area (Å²) in [5.74, 6) is 1.96. The Balaban J connectivity index is 1.57. The van der Waals surface area contributed by atoms with Gasteiger partial charge >= 0.3 is 0 Å². The molecule has 1 atom stereocenters. The van der Waals surface area contributed by atoms with Crippen LogP contribution in [0, 0.1) is 0 Å². The number of carbonyl (C=O) groups is 1. The molecule has 0 aromatic carbocycles. The normalized spacial score (nSPS) is 17.5. The molecule has 4 heterocycles. The van der Waals surface area contributed by atoms with E-state index in [2.05, 4.69) is 15.2 Å². The molecule has 0 bridgehead atoms. The molecular weight excluding hydrogens is 328 g/mol. The number of anilines is 1. The van der Waals surface area contributed by atoms with Crippen molar-refractivity contribution in [2.24, 2.45) is 0 Å². The van der Waals surface area contributed by atoms with Crippen LogP contribution in [0.1, 0.15) is 34.9 Å². The molecular formula is C19H22N6O. The zero-order valence-electron chi connectivity index (χ0n) is 15.0. The predicted octanol–water partition coefficient (Wildman–Crippen LogP) is 2.21. The molecule has 1 amide bonds. The monoisotopic (exact) mass is 350 g/mol. The third-order valence-electron chi connectivity index (χ3n) is 4.86. The lowest BCUT2D eigenvalue weighted by Gasteiger charge is -2.32. The van der Waals surface area contributed by atoms with E-state index in [0.29, 0.717) is 12.1 Å². The van der Waals surface area contributed by atoms with Gasteiger partial charge in [-0.25, -0.2) is 4.98 Å². The average Bonchev–Trinajstić information content (AvgIpc) is 3.12. The highest BCUT2D eigenvalue weighted by Gasteiger charge is 2.28. The van der Waals surface area contributed by atoms with Gasteiger partial charge in [-0.05, 0) is 37.1 Å². The fourth-order valence-electron chi connectivity index (χ4n) is 3.49. The average molecular weight is 350 g/mol. The summed E-state index contributed by atoms with van der Waals surface area (Å²) in [6.45, 7) is 1.43. The molecule has 26 heavy (non-hydrogen) atoms. The molecule has 3 aromatic heterocycles. The summed E-state index contributed by atoms with van der Waals surface area (Å²) in [6.07, 6.45) is 5.65. The first-order chi connectivity index (χ1) is 12.6. The van der Waals surface area contributed by atoms with Gasteiger partial charge in [-0.3, -0.25) is 9.20 Å². The maximum atomic E-state index is 13.0. The van der Waals surface area contributed by atoms with E-state index in [1.165, 1.54) is 0 Å². The SMILES string of the molecule is CN(C)c1cc(C(=O)N2CCCC(c3nnc4ccccn34)C2)ccn1. The number of carbonyl (C=O) groups excluding carboxylic acids is 1. The number of hydrogen-bond donors (Lipinski definition) is 0. The molecule has 0 radical (unpaired) electrons. The highest BCUT2D eigenvalue weighted by Crippen LogP contribution is 2.27. The lowest BCUT2D eigenvalue weighted by molar-refractivity contribution is 0.0704. The van der Waals surface area contributed by atoms with Crippen LogP contribution < -0.4 is 4.90 Å². The van der Waals surface area contributed by atoms with Gasteiger partial charge in [-0.2, -0.15) is 0 Å². The lowest BCUT2D eigenvalue weighted by atomic mass is 9.96. The third-order valence-corrected chi connectivity index (χ3v) is 4.86. The number of nitrogens with zero attached hydrogens (tertiary/aromatic N) is 6. The van der Waals surface area contributed by atoms with Gasteiger partial charge in [-0.15, -0.1) is 10.2 Å². The number of amides is 1. The van der Waals surface area contributed by atoms with Crippen molar-refractivity contribution >= 4 is 17.4 Å². The van der Waals surface area contributed by atoms with E-state index in [0.717, 1.165) is 36.7 Å². The quantitative estimate of drug-likeness (QED) is 0.724. The molecule has 0 spiro atoms. The van der Waals surface area contributed by atoms with Crippen LogP contribution in [0.5, 0.6) is 0 Å². The van der Waals surface area contributed by atoms with Crippen molar-refractivity contribution in [1.29, 1.82) is 0 Å². The van der Waals surface area contributed by atoms with Gasteiger partial charge in [0.1, 0.15) is 11.6 Å². The Labute approximate surface area is 152 Å². The van der Waals surface area contributed by atoms with E-state index in [9.17, 15) is 4.79 Å². The molecule has 1 aliphatic rings. The van der Waals surface area contributed by atoms with E-state index < -0.39 is 0 Å². The smallest absolute Gasteiger partial charge is 0.254 e. The van der Waals surface area contributed by atoms with Gasteiger partial charge in [0, 0.05) is 51.1 Å². The molecule has 7 heteroatoms. The fraction of sp³-hybridized carbons (Fsp3) is 0.368. The zero-order valence-corrected chi connectivity index (χ0v) is 15.0. The van der Waals surface area contributed by atoms with Crippen molar-refractivity contribution < 1.29 is 4.79 Å². The Bertz CT molecular complexity index is 934. The Kier molecular flexibility index (Phi) is 4.28. The van der Waals surface area contributed by atoms with Gasteiger partial charge in [0.15, 0.2) is 5.65 Å². The number of pyridine rings is 2. The van der Waals surface area contributed by atoms with E-state index in [1.807, 2.05) is 58.8 Å². The second-order valence-electron chi connectivity index (χ2n) is 6.87. The fourth-order valence-corrected chi connectivity index (χ4v) is 3.49. The van der Waals surface area contributed by atoms with Crippen LogP contribution in [0.4, 0.5) is 5.82 Å². The first-order valence-corrected chi connectivity index (χ1v) is 8.86. The second-order valence-corrected chi connectivity index (χ2v) is 6.87. The molecule has 134 valence electrons. The molecule has 7 nitrogen and oxygen atoms in total. The molecule has 0 aliphatic carbocycles. The number of hydrogen-bond acceptors (Lipinski definition) is 5. The Morgan fingerprint density at radius 2 is 2.12 bits per heavy atom. The Hall–Kier alpha value is -2.96. The molecule has 4 rings (SSSR count). The van der Waals surface area contributed by atoms with Crippen LogP contribution in [-0.4, -0.2) is 57.6 Å². The van der Waals surface area contributed by atoms with Crippen LogP contribution in [0.15, 0.2) is 42.7 Å². The molecule has 1 saturated heterocycles. The maximum Gasteiger partial charge on any atom is 0.254 e. The van der Waals surface area contributed by atoms with Gasteiger partial charge in [-0.1, -0.05) is 6.07 Å². The number of piperidine rings is 1. The van der Waals surface area contributed by atoms with E-state index in [-0.39, 0.29) is 11.8 Å².